The molecule has 0 saturated carbocycles. The van der Waals surface area contributed by atoms with Crippen molar-refractivity contribution < 1.29 is 13.6 Å². The maximum Gasteiger partial charge on any atom is 0.255 e. The lowest BCUT2D eigenvalue weighted by atomic mass is 9.99. The molecule has 0 spiro atoms. The molecule has 5 aromatic rings. The molecule has 35 heavy (non-hydrogen) atoms. The first-order valence-electron chi connectivity index (χ1n) is 11.5. The van der Waals surface area contributed by atoms with E-state index in [0.29, 0.717) is 27.9 Å². The number of carbonyl (C=O) groups is 1. The largest absolute Gasteiger partial charge is 0.455 e. The van der Waals surface area contributed by atoms with Crippen LogP contribution in [-0.4, -0.2) is 13.0 Å². The number of benzene rings is 4. The summed E-state index contributed by atoms with van der Waals surface area (Å²) >= 11 is 0. The van der Waals surface area contributed by atoms with Crippen molar-refractivity contribution in [2.75, 3.05) is 7.05 Å². The third-order valence-electron chi connectivity index (χ3n) is 6.01. The van der Waals surface area contributed by atoms with E-state index in [9.17, 15) is 9.18 Å². The van der Waals surface area contributed by atoms with E-state index in [0.717, 1.165) is 24.2 Å². The highest BCUT2D eigenvalue weighted by atomic mass is 19.1. The van der Waals surface area contributed by atoms with Gasteiger partial charge in [-0.2, -0.15) is 0 Å². The van der Waals surface area contributed by atoms with Gasteiger partial charge >= 0.3 is 0 Å². The van der Waals surface area contributed by atoms with Gasteiger partial charge in [-0.05, 0) is 64.7 Å². The minimum Gasteiger partial charge on any atom is -0.455 e. The average Bonchev–Trinajstić information content (AvgIpc) is 3.28. The highest BCUT2D eigenvalue weighted by Crippen LogP contribution is 2.36. The highest BCUT2D eigenvalue weighted by molar-refractivity contribution is 6.11. The molecular weight excluding hydrogens is 439 g/mol. The maximum atomic E-state index is 13.5. The molecule has 1 aromatic heterocycles. The first-order valence-corrected chi connectivity index (χ1v) is 11.5. The van der Waals surface area contributed by atoms with Crippen LogP contribution < -0.4 is 10.6 Å². The van der Waals surface area contributed by atoms with Crippen LogP contribution in [0.1, 0.15) is 21.5 Å². The summed E-state index contributed by atoms with van der Waals surface area (Å²) in [5, 5.41) is 6.91. The summed E-state index contributed by atoms with van der Waals surface area (Å²) in [5.41, 5.74) is 6.15. The molecule has 1 amide bonds. The fourth-order valence-electron chi connectivity index (χ4n) is 4.24. The Morgan fingerprint density at radius 3 is 2.23 bits per heavy atom. The van der Waals surface area contributed by atoms with Crippen molar-refractivity contribution in [3.8, 4) is 22.5 Å². The first kappa shape index (κ1) is 22.6. The lowest BCUT2D eigenvalue weighted by Gasteiger charge is -2.08. The van der Waals surface area contributed by atoms with E-state index in [1.165, 1.54) is 23.3 Å². The van der Waals surface area contributed by atoms with Crippen LogP contribution in [0, 0.1) is 5.82 Å². The van der Waals surface area contributed by atoms with Crippen LogP contribution in [0.15, 0.2) is 101 Å². The van der Waals surface area contributed by atoms with E-state index < -0.39 is 0 Å². The van der Waals surface area contributed by atoms with Crippen molar-refractivity contribution in [2.24, 2.45) is 0 Å². The van der Waals surface area contributed by atoms with Crippen LogP contribution in [0.2, 0.25) is 0 Å². The van der Waals surface area contributed by atoms with Crippen LogP contribution in [0.4, 0.5) is 4.39 Å². The fraction of sp³-hybridized carbons (Fsp3) is 0.100. The third-order valence-corrected chi connectivity index (χ3v) is 6.01. The molecule has 4 aromatic carbocycles. The van der Waals surface area contributed by atoms with Crippen LogP contribution >= 0.6 is 0 Å². The molecule has 0 aliphatic heterocycles. The monoisotopic (exact) mass is 464 g/mol. The van der Waals surface area contributed by atoms with Gasteiger partial charge in [0, 0.05) is 31.1 Å². The summed E-state index contributed by atoms with van der Waals surface area (Å²) < 4.78 is 19.5. The van der Waals surface area contributed by atoms with Crippen molar-refractivity contribution in [2.45, 2.75) is 13.1 Å². The van der Waals surface area contributed by atoms with E-state index in [4.69, 9.17) is 4.42 Å². The number of amides is 1. The molecule has 174 valence electrons. The molecule has 0 aliphatic rings. The summed E-state index contributed by atoms with van der Waals surface area (Å²) in [6.45, 7) is 1.54. The van der Waals surface area contributed by atoms with Crippen molar-refractivity contribution in [1.29, 1.82) is 0 Å². The van der Waals surface area contributed by atoms with E-state index in [1.807, 2.05) is 42.5 Å². The minimum atomic E-state index is -0.341. The number of halogens is 1. The Labute approximate surface area is 203 Å². The van der Waals surface area contributed by atoms with Crippen molar-refractivity contribution in [3.63, 3.8) is 0 Å². The molecule has 5 rings (SSSR count). The molecule has 0 fully saturated rings. The van der Waals surface area contributed by atoms with Crippen LogP contribution in [-0.2, 0) is 13.1 Å². The zero-order chi connectivity index (χ0) is 24.2. The quantitative estimate of drug-likeness (QED) is 0.287. The lowest BCUT2D eigenvalue weighted by molar-refractivity contribution is 0.0964. The van der Waals surface area contributed by atoms with Gasteiger partial charge in [0.05, 0.1) is 5.56 Å². The van der Waals surface area contributed by atoms with E-state index >= 15 is 0 Å². The molecule has 0 bridgehead atoms. The first-order chi connectivity index (χ1) is 17.1. The van der Waals surface area contributed by atoms with E-state index in [2.05, 4.69) is 41.0 Å². The number of hydrogen-bond acceptors (Lipinski definition) is 3. The molecule has 0 radical (unpaired) electrons. The Bertz CT molecular complexity index is 1470. The molecule has 0 aliphatic carbocycles. The summed E-state index contributed by atoms with van der Waals surface area (Å²) in [4.78, 5) is 12.8. The van der Waals surface area contributed by atoms with Crippen LogP contribution in [0.3, 0.4) is 0 Å². The second kappa shape index (κ2) is 9.95. The number of furan rings is 1. The Balaban J connectivity index is 1.46. The van der Waals surface area contributed by atoms with Gasteiger partial charge < -0.3 is 15.1 Å². The average molecular weight is 465 g/mol. The van der Waals surface area contributed by atoms with Crippen molar-refractivity contribution in [3.05, 3.63) is 120 Å². The smallest absolute Gasteiger partial charge is 0.255 e. The zero-order valence-electron chi connectivity index (χ0n) is 19.3. The number of hydrogen-bond donors (Lipinski definition) is 2. The molecule has 1 heterocycles. The molecular formula is C30H25FN2O2. The lowest BCUT2D eigenvalue weighted by Crippen LogP contribution is -2.18. The molecule has 2 N–H and O–H groups in total. The van der Waals surface area contributed by atoms with Gasteiger partial charge in [0.1, 0.15) is 17.2 Å². The van der Waals surface area contributed by atoms with Gasteiger partial charge in [-0.25, -0.2) is 4.39 Å². The Hall–Kier alpha value is -4.22. The topological polar surface area (TPSA) is 54.3 Å². The van der Waals surface area contributed by atoms with Crippen molar-refractivity contribution in [1.82, 2.24) is 10.6 Å². The van der Waals surface area contributed by atoms with Gasteiger partial charge in [0.25, 0.3) is 5.91 Å². The number of fused-ring (bicyclic) bond motifs is 1. The second-order valence-corrected chi connectivity index (χ2v) is 8.39. The maximum absolute atomic E-state index is 13.5. The predicted octanol–water partition coefficient (Wildman–Crippen LogP) is 6.56. The van der Waals surface area contributed by atoms with Gasteiger partial charge in [-0.3, -0.25) is 4.79 Å². The zero-order valence-corrected chi connectivity index (χ0v) is 19.3. The summed E-state index contributed by atoms with van der Waals surface area (Å²) in [7, 11) is 1.59. The molecule has 5 heteroatoms. The van der Waals surface area contributed by atoms with Crippen LogP contribution in [0.25, 0.3) is 33.4 Å². The Kier molecular flexibility index (Phi) is 6.42. The normalized spacial score (nSPS) is 11.0. The third kappa shape index (κ3) is 4.86. The number of nitrogens with one attached hydrogen (secondary N) is 2. The van der Waals surface area contributed by atoms with Gasteiger partial charge in [-0.1, -0.05) is 54.6 Å². The number of carbonyl (C=O) groups excluding carboxylic acids is 1. The molecule has 0 unspecified atom stereocenters. The standard InChI is InChI=1S/C30H25FN2O2/c1-32-30(34)28-26-17-24(12-15-27(26)35-29(28)22-10-13-25(31)14-11-22)23-9-5-8-21(16-23)19-33-18-20-6-3-2-4-7-20/h2-17,33H,18-19H2,1H3,(H,32,34). The van der Waals surface area contributed by atoms with E-state index in [1.54, 1.807) is 19.2 Å². The van der Waals surface area contributed by atoms with Gasteiger partial charge in [-0.15, -0.1) is 0 Å². The minimum absolute atomic E-state index is 0.251. The summed E-state index contributed by atoms with van der Waals surface area (Å²) in [5.74, 6) is -0.166. The molecule has 4 nitrogen and oxygen atoms in total. The Morgan fingerprint density at radius 2 is 1.46 bits per heavy atom. The van der Waals surface area contributed by atoms with E-state index in [-0.39, 0.29) is 11.7 Å². The number of rotatable bonds is 7. The van der Waals surface area contributed by atoms with Gasteiger partial charge in [0.15, 0.2) is 0 Å². The van der Waals surface area contributed by atoms with Crippen LogP contribution in [0.5, 0.6) is 0 Å². The summed E-state index contributed by atoms with van der Waals surface area (Å²) in [6, 6.07) is 30.5. The second-order valence-electron chi connectivity index (χ2n) is 8.39. The van der Waals surface area contributed by atoms with Gasteiger partial charge in [0.2, 0.25) is 0 Å². The summed E-state index contributed by atoms with van der Waals surface area (Å²) in [6.07, 6.45) is 0. The highest BCUT2D eigenvalue weighted by Gasteiger charge is 2.22. The molecule has 0 saturated heterocycles. The fourth-order valence-corrected chi connectivity index (χ4v) is 4.24. The predicted molar refractivity (Wildman–Crippen MR) is 137 cm³/mol. The Morgan fingerprint density at radius 1 is 0.771 bits per heavy atom. The molecule has 0 atom stereocenters. The van der Waals surface area contributed by atoms with Crippen molar-refractivity contribution >= 4 is 16.9 Å². The SMILES string of the molecule is CNC(=O)c1c(-c2ccc(F)cc2)oc2ccc(-c3cccc(CNCc4ccccc4)c3)cc12.